The minimum absolute atomic E-state index is 0.218. The summed E-state index contributed by atoms with van der Waals surface area (Å²) >= 11 is 0. The summed E-state index contributed by atoms with van der Waals surface area (Å²) in [6.45, 7) is 4.11. The Bertz CT molecular complexity index is 1540. The van der Waals surface area contributed by atoms with Gasteiger partial charge in [0.05, 0.1) is 17.8 Å². The number of nitrogens with zero attached hydrogens (tertiary/aromatic N) is 3. The van der Waals surface area contributed by atoms with Crippen molar-refractivity contribution in [3.05, 3.63) is 53.1 Å². The van der Waals surface area contributed by atoms with Crippen molar-refractivity contribution in [1.29, 1.82) is 0 Å². The van der Waals surface area contributed by atoms with Gasteiger partial charge in [-0.05, 0) is 72.7 Å². The number of amides is 1. The number of fused-ring (bicyclic) bond motifs is 3. The number of piperidine rings is 1. The molecular formula is C27H27FN6O2. The molecule has 0 bridgehead atoms. The van der Waals surface area contributed by atoms with E-state index in [1.807, 2.05) is 30.0 Å². The van der Waals surface area contributed by atoms with Crippen molar-refractivity contribution in [3.63, 3.8) is 0 Å². The van der Waals surface area contributed by atoms with Gasteiger partial charge < -0.3 is 20.3 Å². The number of phenolic OH excluding ortho intramolecular Hbond substituents is 1. The minimum atomic E-state index is -0.637. The minimum Gasteiger partial charge on any atom is -0.505 e. The topological polar surface area (TPSA) is 110 Å². The second-order valence-corrected chi connectivity index (χ2v) is 10.2. The van der Waals surface area contributed by atoms with Gasteiger partial charge in [-0.15, -0.1) is 0 Å². The summed E-state index contributed by atoms with van der Waals surface area (Å²) in [5.74, 6) is 0.420. The molecule has 0 radical (unpaired) electrons. The number of carbonyl (C=O) groups excluding carboxylic acids is 1. The molecule has 8 nitrogen and oxygen atoms in total. The van der Waals surface area contributed by atoms with E-state index in [9.17, 15) is 14.3 Å². The van der Waals surface area contributed by atoms with Gasteiger partial charge in [0, 0.05) is 24.0 Å². The first-order valence-electron chi connectivity index (χ1n) is 12.6. The number of rotatable bonds is 4. The second-order valence-electron chi connectivity index (χ2n) is 10.2. The van der Waals surface area contributed by atoms with E-state index in [1.54, 1.807) is 0 Å². The molecule has 1 saturated carbocycles. The molecule has 1 aliphatic carbocycles. The lowest BCUT2D eigenvalue weighted by atomic mass is 9.96. The summed E-state index contributed by atoms with van der Waals surface area (Å²) < 4.78 is 14.1. The van der Waals surface area contributed by atoms with Crippen molar-refractivity contribution in [1.82, 2.24) is 30.4 Å². The van der Waals surface area contributed by atoms with Crippen LogP contribution in [0.4, 0.5) is 4.39 Å². The van der Waals surface area contributed by atoms with E-state index in [4.69, 9.17) is 4.98 Å². The summed E-state index contributed by atoms with van der Waals surface area (Å²) in [5, 5.41) is 21.7. The van der Waals surface area contributed by atoms with Gasteiger partial charge in [0.2, 0.25) is 5.91 Å². The van der Waals surface area contributed by atoms with Gasteiger partial charge in [-0.2, -0.15) is 5.10 Å². The Labute approximate surface area is 206 Å². The van der Waals surface area contributed by atoms with Crippen LogP contribution in [0, 0.1) is 11.7 Å². The molecule has 7 rings (SSSR count). The predicted molar refractivity (Wildman–Crippen MR) is 133 cm³/mol. The number of aryl methyl sites for hydroxylation is 1. The number of H-pyrrole nitrogens is 2. The zero-order chi connectivity index (χ0) is 24.6. The van der Waals surface area contributed by atoms with Crippen LogP contribution >= 0.6 is 0 Å². The molecule has 1 saturated heterocycles. The first-order chi connectivity index (χ1) is 17.5. The largest absolute Gasteiger partial charge is 0.505 e. The van der Waals surface area contributed by atoms with E-state index in [0.717, 1.165) is 70.5 Å². The van der Waals surface area contributed by atoms with Gasteiger partial charge in [0.15, 0.2) is 17.4 Å². The van der Waals surface area contributed by atoms with Crippen LogP contribution in [-0.4, -0.2) is 54.7 Å². The summed E-state index contributed by atoms with van der Waals surface area (Å²) in [4.78, 5) is 23.4. The van der Waals surface area contributed by atoms with Gasteiger partial charge in [0.1, 0.15) is 11.2 Å². The monoisotopic (exact) mass is 486 g/mol. The van der Waals surface area contributed by atoms with Crippen LogP contribution < -0.4 is 5.32 Å². The van der Waals surface area contributed by atoms with Crippen molar-refractivity contribution >= 4 is 16.8 Å². The number of aromatic nitrogens is 4. The van der Waals surface area contributed by atoms with Crippen LogP contribution in [0.15, 0.2) is 30.3 Å². The fraction of sp³-hybridized carbons (Fsp3) is 0.370. The molecule has 0 spiro atoms. The first-order valence-corrected chi connectivity index (χ1v) is 12.6. The molecule has 3 aliphatic rings. The van der Waals surface area contributed by atoms with E-state index >= 15 is 0 Å². The van der Waals surface area contributed by atoms with E-state index in [1.165, 1.54) is 12.1 Å². The van der Waals surface area contributed by atoms with Crippen LogP contribution in [0.25, 0.3) is 33.5 Å². The lowest BCUT2D eigenvalue weighted by Crippen LogP contribution is -2.49. The fourth-order valence-corrected chi connectivity index (χ4v) is 6.09. The second kappa shape index (κ2) is 7.64. The fourth-order valence-electron chi connectivity index (χ4n) is 6.09. The molecule has 2 aromatic carbocycles. The number of phenols is 1. The maximum Gasteiger partial charge on any atom is 0.243 e. The standard InChI is InChI=1S/C27H27FN6O2/c1-2-14-10-23(35)19(28)11-18(14)15-3-4-17-21(9-15)32-33-24(17)25-30-20-6-8-34(13-22(20)31-25)26(36)27-12-16(27)5-7-29-27/h3-4,9-11,16,29,35H,2,5-8,12-13H2,1H3,(H,30,31)(H,32,33)/t16-,27+/m1/s1. The Kier molecular flexibility index (Phi) is 4.57. The molecule has 0 unspecified atom stereocenters. The zero-order valence-corrected chi connectivity index (χ0v) is 20.0. The highest BCUT2D eigenvalue weighted by molar-refractivity contribution is 5.94. The van der Waals surface area contributed by atoms with Crippen LogP contribution in [0.2, 0.25) is 0 Å². The molecule has 4 aromatic rings. The molecule has 2 atom stereocenters. The van der Waals surface area contributed by atoms with Crippen molar-refractivity contribution in [2.24, 2.45) is 5.92 Å². The number of benzene rings is 2. The highest BCUT2D eigenvalue weighted by Crippen LogP contribution is 2.51. The Morgan fingerprint density at radius 2 is 2.19 bits per heavy atom. The van der Waals surface area contributed by atoms with Gasteiger partial charge >= 0.3 is 0 Å². The normalized spacial score (nSPS) is 22.6. The summed E-state index contributed by atoms with van der Waals surface area (Å²) in [7, 11) is 0. The first kappa shape index (κ1) is 21.6. The molecule has 2 fully saturated rings. The number of imidazole rings is 1. The van der Waals surface area contributed by atoms with E-state index in [2.05, 4.69) is 20.5 Å². The van der Waals surface area contributed by atoms with Crippen LogP contribution in [0.5, 0.6) is 5.75 Å². The maximum absolute atomic E-state index is 14.1. The number of hydrogen-bond acceptors (Lipinski definition) is 5. The van der Waals surface area contributed by atoms with E-state index in [-0.39, 0.29) is 17.2 Å². The number of halogens is 1. The van der Waals surface area contributed by atoms with E-state index in [0.29, 0.717) is 31.3 Å². The molecule has 9 heteroatoms. The summed E-state index contributed by atoms with van der Waals surface area (Å²) in [5.41, 5.74) is 5.64. The smallest absolute Gasteiger partial charge is 0.243 e. The molecule has 36 heavy (non-hydrogen) atoms. The summed E-state index contributed by atoms with van der Waals surface area (Å²) in [6, 6.07) is 8.71. The number of carbonyl (C=O) groups is 1. The van der Waals surface area contributed by atoms with Gasteiger partial charge in [-0.3, -0.25) is 9.89 Å². The third kappa shape index (κ3) is 3.12. The van der Waals surface area contributed by atoms with Gasteiger partial charge in [-0.25, -0.2) is 9.37 Å². The SMILES string of the molecule is CCc1cc(O)c(F)cc1-c1ccc2c(-c3nc4c([nH]3)CCN(C(=O)[C@]35C[C@H]3CCN5)C4)n[nH]c2c1. The molecule has 2 aliphatic heterocycles. The van der Waals surface area contributed by atoms with E-state index < -0.39 is 5.82 Å². The molecule has 2 aromatic heterocycles. The average Bonchev–Trinajstić information content (AvgIpc) is 3.25. The molecule has 4 N–H and O–H groups in total. The Morgan fingerprint density at radius 3 is 2.97 bits per heavy atom. The van der Waals surface area contributed by atoms with Crippen molar-refractivity contribution in [2.75, 3.05) is 13.1 Å². The Morgan fingerprint density at radius 1 is 1.31 bits per heavy atom. The van der Waals surface area contributed by atoms with Crippen LogP contribution in [0.3, 0.4) is 0 Å². The Hall–Kier alpha value is -3.72. The highest BCUT2D eigenvalue weighted by Gasteiger charge is 2.63. The number of nitrogens with one attached hydrogen (secondary N) is 3. The van der Waals surface area contributed by atoms with Crippen molar-refractivity contribution in [2.45, 2.75) is 44.7 Å². The van der Waals surface area contributed by atoms with Crippen molar-refractivity contribution < 1.29 is 14.3 Å². The molecular weight excluding hydrogens is 459 g/mol. The molecule has 184 valence electrons. The number of aromatic amines is 2. The quantitative estimate of drug-likeness (QED) is 0.352. The van der Waals surface area contributed by atoms with Crippen molar-refractivity contribution in [3.8, 4) is 28.4 Å². The summed E-state index contributed by atoms with van der Waals surface area (Å²) in [6.07, 6.45) is 3.46. The lowest BCUT2D eigenvalue weighted by Gasteiger charge is -2.29. The number of hydrogen-bond donors (Lipinski definition) is 4. The third-order valence-electron chi connectivity index (χ3n) is 8.20. The predicted octanol–water partition coefficient (Wildman–Crippen LogP) is 3.66. The number of aromatic hydroxyl groups is 1. The maximum atomic E-state index is 14.1. The van der Waals surface area contributed by atoms with Gasteiger partial charge in [-0.1, -0.05) is 13.0 Å². The van der Waals surface area contributed by atoms with Crippen LogP contribution in [0.1, 0.15) is 36.7 Å². The third-order valence-corrected chi connectivity index (χ3v) is 8.20. The van der Waals surface area contributed by atoms with Gasteiger partial charge in [0.25, 0.3) is 0 Å². The Balaban J connectivity index is 1.18. The average molecular weight is 487 g/mol. The highest BCUT2D eigenvalue weighted by atomic mass is 19.1. The lowest BCUT2D eigenvalue weighted by molar-refractivity contribution is -0.135. The molecule has 1 amide bonds. The van der Waals surface area contributed by atoms with Crippen LogP contribution in [-0.2, 0) is 24.2 Å². The molecule has 4 heterocycles. The zero-order valence-electron chi connectivity index (χ0n) is 20.0.